The van der Waals surface area contributed by atoms with Crippen molar-refractivity contribution >= 4 is 11.9 Å². The first-order chi connectivity index (χ1) is 9.08. The van der Waals surface area contributed by atoms with Crippen LogP contribution in [0.25, 0.3) is 0 Å². The van der Waals surface area contributed by atoms with Gasteiger partial charge in [-0.1, -0.05) is 12.1 Å². The molecule has 5 N–H and O–H groups in total. The second-order valence-corrected chi connectivity index (χ2v) is 4.11. The van der Waals surface area contributed by atoms with E-state index in [0.717, 1.165) is 12.0 Å². The number of carbonyl (C=O) groups excluding carboxylic acids is 1. The van der Waals surface area contributed by atoms with Crippen molar-refractivity contribution in [3.63, 3.8) is 0 Å². The van der Waals surface area contributed by atoms with Gasteiger partial charge in [-0.25, -0.2) is 4.79 Å². The Morgan fingerprint density at radius 1 is 1.26 bits per heavy atom. The average molecular weight is 266 g/mol. The van der Waals surface area contributed by atoms with Crippen LogP contribution < -0.4 is 11.1 Å². The van der Waals surface area contributed by atoms with Crippen LogP contribution in [0.1, 0.15) is 22.3 Å². The second-order valence-electron chi connectivity index (χ2n) is 4.11. The number of carboxylic acid groups (broad SMARTS) is 1. The van der Waals surface area contributed by atoms with Gasteiger partial charge < -0.3 is 21.3 Å². The Bertz CT molecular complexity index is 431. The van der Waals surface area contributed by atoms with Crippen molar-refractivity contribution in [3.8, 4) is 0 Å². The monoisotopic (exact) mass is 266 g/mol. The fourth-order valence-corrected chi connectivity index (χ4v) is 1.62. The number of benzene rings is 1. The number of carbonyl (C=O) groups is 2. The van der Waals surface area contributed by atoms with Gasteiger partial charge in [-0.15, -0.1) is 0 Å². The molecule has 1 aromatic rings. The average Bonchev–Trinajstić information content (AvgIpc) is 2.39. The number of nitrogens with one attached hydrogen (secondary N) is 1. The zero-order valence-corrected chi connectivity index (χ0v) is 10.5. The highest BCUT2D eigenvalue weighted by Gasteiger charge is 2.19. The fourth-order valence-electron chi connectivity index (χ4n) is 1.62. The number of aliphatic hydroxyl groups excluding tert-OH is 1. The van der Waals surface area contributed by atoms with Gasteiger partial charge in [-0.3, -0.25) is 4.79 Å². The van der Waals surface area contributed by atoms with Gasteiger partial charge in [0.05, 0.1) is 0 Å². The van der Waals surface area contributed by atoms with Gasteiger partial charge >= 0.3 is 5.97 Å². The molecule has 1 rings (SSSR count). The summed E-state index contributed by atoms with van der Waals surface area (Å²) in [4.78, 5) is 22.7. The van der Waals surface area contributed by atoms with E-state index < -0.39 is 17.9 Å². The largest absolute Gasteiger partial charge is 0.480 e. The molecule has 1 amide bonds. The summed E-state index contributed by atoms with van der Waals surface area (Å²) in [5.41, 5.74) is 6.82. The Morgan fingerprint density at radius 2 is 1.89 bits per heavy atom. The molecule has 104 valence electrons. The molecule has 6 nitrogen and oxygen atoms in total. The highest BCUT2D eigenvalue weighted by Crippen LogP contribution is 2.05. The molecule has 0 spiro atoms. The van der Waals surface area contributed by atoms with Gasteiger partial charge in [-0.2, -0.15) is 0 Å². The predicted molar refractivity (Wildman–Crippen MR) is 69.8 cm³/mol. The lowest BCUT2D eigenvalue weighted by molar-refractivity contribution is -0.139. The van der Waals surface area contributed by atoms with Crippen molar-refractivity contribution in [3.05, 3.63) is 35.4 Å². The highest BCUT2D eigenvalue weighted by atomic mass is 16.4. The quantitative estimate of drug-likeness (QED) is 0.544. The molecule has 0 aliphatic heterocycles. The maximum Gasteiger partial charge on any atom is 0.326 e. The zero-order chi connectivity index (χ0) is 14.3. The number of hydrogen-bond acceptors (Lipinski definition) is 4. The smallest absolute Gasteiger partial charge is 0.326 e. The van der Waals surface area contributed by atoms with Crippen LogP contribution in [0.5, 0.6) is 0 Å². The first kappa shape index (κ1) is 15.1. The minimum atomic E-state index is -1.16. The number of nitrogens with two attached hydrogens (primary N) is 1. The molecule has 0 saturated carbocycles. The number of rotatable bonds is 7. The Balaban J connectivity index is 2.68. The van der Waals surface area contributed by atoms with Crippen molar-refractivity contribution in [2.24, 2.45) is 5.73 Å². The lowest BCUT2D eigenvalue weighted by atomic mass is 10.1. The van der Waals surface area contributed by atoms with E-state index in [2.05, 4.69) is 5.32 Å². The van der Waals surface area contributed by atoms with Crippen molar-refractivity contribution in [1.29, 1.82) is 0 Å². The van der Waals surface area contributed by atoms with E-state index in [-0.39, 0.29) is 13.0 Å². The number of amides is 1. The molecule has 1 atom stereocenters. The minimum absolute atomic E-state index is 0.0215. The summed E-state index contributed by atoms with van der Waals surface area (Å²) in [6.07, 6.45) is 0.705. The van der Waals surface area contributed by atoms with Crippen LogP contribution >= 0.6 is 0 Å². The lowest BCUT2D eigenvalue weighted by Gasteiger charge is -2.13. The first-order valence-corrected chi connectivity index (χ1v) is 6.02. The molecule has 19 heavy (non-hydrogen) atoms. The molecular formula is C13H18N2O4. The standard InChI is InChI=1S/C13H18N2O4/c14-7-5-9-1-3-10(4-2-9)12(17)15-11(6-8-16)13(18)19/h1-4,11,16H,5-8,14H2,(H,15,17)(H,18,19)/t11-/m0/s1. The number of hydrogen-bond donors (Lipinski definition) is 4. The third-order valence-electron chi connectivity index (χ3n) is 2.67. The molecule has 0 aliphatic carbocycles. The summed E-state index contributed by atoms with van der Waals surface area (Å²) in [5.74, 6) is -1.64. The topological polar surface area (TPSA) is 113 Å². The molecule has 0 aromatic heterocycles. The highest BCUT2D eigenvalue weighted by molar-refractivity contribution is 5.96. The van der Waals surface area contributed by atoms with Gasteiger partial charge in [0, 0.05) is 18.6 Å². The number of aliphatic carboxylic acids is 1. The van der Waals surface area contributed by atoms with Gasteiger partial charge in [0.15, 0.2) is 0 Å². The van der Waals surface area contributed by atoms with Crippen LogP contribution in [0.15, 0.2) is 24.3 Å². The van der Waals surface area contributed by atoms with E-state index in [1.165, 1.54) is 0 Å². The lowest BCUT2D eigenvalue weighted by Crippen LogP contribution is -2.41. The fraction of sp³-hybridized carbons (Fsp3) is 0.385. The molecule has 0 unspecified atom stereocenters. The van der Waals surface area contributed by atoms with Gasteiger partial charge in [0.25, 0.3) is 5.91 Å². The summed E-state index contributed by atoms with van der Waals surface area (Å²) >= 11 is 0. The van der Waals surface area contributed by atoms with E-state index in [1.807, 2.05) is 0 Å². The molecule has 6 heteroatoms. The summed E-state index contributed by atoms with van der Waals surface area (Å²) in [6.45, 7) is 0.232. The van der Waals surface area contributed by atoms with Crippen molar-refractivity contribution in [2.45, 2.75) is 18.9 Å². The normalized spacial score (nSPS) is 11.9. The molecule has 0 fully saturated rings. The van der Waals surface area contributed by atoms with Crippen molar-refractivity contribution < 1.29 is 19.8 Å². The van der Waals surface area contributed by atoms with Gasteiger partial charge in [0.2, 0.25) is 0 Å². The third-order valence-corrected chi connectivity index (χ3v) is 2.67. The summed E-state index contributed by atoms with van der Waals surface area (Å²) in [6, 6.07) is 5.73. The minimum Gasteiger partial charge on any atom is -0.480 e. The summed E-state index contributed by atoms with van der Waals surface area (Å²) in [5, 5.41) is 20.0. The maximum atomic E-state index is 11.8. The summed E-state index contributed by atoms with van der Waals surface area (Å²) < 4.78 is 0. The van der Waals surface area contributed by atoms with Gasteiger partial charge in [0.1, 0.15) is 6.04 Å². The SMILES string of the molecule is NCCc1ccc(C(=O)N[C@@H](CCO)C(=O)O)cc1. The van der Waals surface area contributed by atoms with Crippen LogP contribution in [0.3, 0.4) is 0 Å². The first-order valence-electron chi connectivity index (χ1n) is 6.02. The Hall–Kier alpha value is -1.92. The number of aliphatic hydroxyl groups is 1. The molecule has 0 bridgehead atoms. The molecule has 0 saturated heterocycles. The zero-order valence-electron chi connectivity index (χ0n) is 10.5. The van der Waals surface area contributed by atoms with E-state index in [4.69, 9.17) is 15.9 Å². The van der Waals surface area contributed by atoms with Crippen molar-refractivity contribution in [2.75, 3.05) is 13.2 Å². The van der Waals surface area contributed by atoms with Crippen LogP contribution in [0.2, 0.25) is 0 Å². The van der Waals surface area contributed by atoms with Crippen LogP contribution in [0, 0.1) is 0 Å². The Morgan fingerprint density at radius 3 is 2.37 bits per heavy atom. The van der Waals surface area contributed by atoms with Gasteiger partial charge in [-0.05, 0) is 30.7 Å². The molecule has 1 aromatic carbocycles. The van der Waals surface area contributed by atoms with Crippen LogP contribution in [-0.2, 0) is 11.2 Å². The second kappa shape index (κ2) is 7.50. The summed E-state index contributed by atoms with van der Waals surface area (Å²) in [7, 11) is 0. The van der Waals surface area contributed by atoms with E-state index >= 15 is 0 Å². The number of carboxylic acids is 1. The maximum absolute atomic E-state index is 11.8. The predicted octanol–water partition coefficient (Wildman–Crippen LogP) is -0.247. The Labute approximate surface area is 111 Å². The van der Waals surface area contributed by atoms with Crippen LogP contribution in [-0.4, -0.2) is 41.3 Å². The van der Waals surface area contributed by atoms with Crippen molar-refractivity contribution in [1.82, 2.24) is 5.32 Å². The molecular weight excluding hydrogens is 248 g/mol. The van der Waals surface area contributed by atoms with Crippen LogP contribution in [0.4, 0.5) is 0 Å². The molecule has 0 heterocycles. The molecule has 0 aliphatic rings. The van der Waals surface area contributed by atoms with E-state index in [1.54, 1.807) is 24.3 Å². The Kier molecular flexibility index (Phi) is 5.98. The van der Waals surface area contributed by atoms with E-state index in [0.29, 0.717) is 12.1 Å². The molecule has 0 radical (unpaired) electrons. The third kappa shape index (κ3) is 4.69. The van der Waals surface area contributed by atoms with E-state index in [9.17, 15) is 9.59 Å².